The Morgan fingerprint density at radius 3 is 2.63 bits per heavy atom. The molecule has 5 nitrogen and oxygen atoms in total. The Labute approximate surface area is 195 Å². The number of H-pyrrole nitrogens is 1. The minimum atomic E-state index is -0.615. The number of fused-ring (bicyclic) bond motifs is 1. The van der Waals surface area contributed by atoms with Gasteiger partial charge in [-0.2, -0.15) is 0 Å². The average molecular weight is 539 g/mol. The number of ether oxygens (including phenoxy) is 2. The monoisotopic (exact) mass is 538 g/mol. The number of aromatic nitrogens is 1. The first kappa shape index (κ1) is 22.5. The first-order chi connectivity index (χ1) is 14.3. The summed E-state index contributed by atoms with van der Waals surface area (Å²) < 4.78 is 12.7. The van der Waals surface area contributed by atoms with E-state index in [1.54, 1.807) is 11.0 Å². The van der Waals surface area contributed by atoms with Crippen LogP contribution < -0.4 is 9.64 Å². The number of amides is 1. The maximum Gasteiger partial charge on any atom is 0.415 e. The van der Waals surface area contributed by atoms with Gasteiger partial charge in [0.05, 0.1) is 11.2 Å². The van der Waals surface area contributed by atoms with Crippen LogP contribution in [-0.4, -0.2) is 23.2 Å². The van der Waals surface area contributed by atoms with Crippen LogP contribution >= 0.6 is 34.2 Å². The highest BCUT2D eigenvalue weighted by Gasteiger charge is 2.26. The lowest BCUT2D eigenvalue weighted by atomic mass is 10.2. The van der Waals surface area contributed by atoms with Crippen molar-refractivity contribution in [3.63, 3.8) is 0 Å². The van der Waals surface area contributed by atoms with Gasteiger partial charge >= 0.3 is 6.09 Å². The Balaban J connectivity index is 2.01. The van der Waals surface area contributed by atoms with Gasteiger partial charge in [0.15, 0.2) is 0 Å². The van der Waals surface area contributed by atoms with Crippen LogP contribution in [0.4, 0.5) is 10.5 Å². The summed E-state index contributed by atoms with van der Waals surface area (Å²) >= 11 is 7.99. The molecule has 0 saturated carbocycles. The first-order valence-corrected chi connectivity index (χ1v) is 11.0. The third-order valence-corrected chi connectivity index (χ3v) is 5.55. The molecule has 158 valence electrons. The van der Waals surface area contributed by atoms with Crippen molar-refractivity contribution < 1.29 is 14.3 Å². The van der Waals surface area contributed by atoms with Crippen LogP contribution in [0.25, 0.3) is 10.9 Å². The molecule has 30 heavy (non-hydrogen) atoms. The van der Waals surface area contributed by atoms with Gasteiger partial charge in [-0.05, 0) is 55.0 Å². The summed E-state index contributed by atoms with van der Waals surface area (Å²) in [5.41, 5.74) is 3.43. The SMILES string of the molecule is CC(C)(C)OC(=O)N(C/C=C/Cl)c1cc(OCc2ccccc2)c2[nH]ccc2c1I. The van der Waals surface area contributed by atoms with Crippen molar-refractivity contribution in [2.24, 2.45) is 0 Å². The van der Waals surface area contributed by atoms with E-state index in [4.69, 9.17) is 21.1 Å². The average Bonchev–Trinajstić information content (AvgIpc) is 3.19. The number of nitrogens with one attached hydrogen (secondary N) is 1. The fourth-order valence-electron chi connectivity index (χ4n) is 2.93. The van der Waals surface area contributed by atoms with Crippen molar-refractivity contribution >= 4 is 56.9 Å². The normalized spacial score (nSPS) is 11.8. The van der Waals surface area contributed by atoms with Crippen molar-refractivity contribution in [3.8, 4) is 5.75 Å². The smallest absolute Gasteiger partial charge is 0.415 e. The largest absolute Gasteiger partial charge is 0.487 e. The topological polar surface area (TPSA) is 54.6 Å². The zero-order valence-corrected chi connectivity index (χ0v) is 20.0. The molecule has 0 aliphatic rings. The van der Waals surface area contributed by atoms with Gasteiger partial charge in [0.1, 0.15) is 18.0 Å². The Morgan fingerprint density at radius 1 is 1.23 bits per heavy atom. The fraction of sp³-hybridized carbons (Fsp3) is 0.261. The quantitative estimate of drug-likeness (QED) is 0.349. The molecule has 1 amide bonds. The maximum absolute atomic E-state index is 13.0. The molecule has 0 radical (unpaired) electrons. The Bertz CT molecular complexity index is 1040. The van der Waals surface area contributed by atoms with Crippen LogP contribution in [0, 0.1) is 3.57 Å². The lowest BCUT2D eigenvalue weighted by molar-refractivity contribution is 0.0584. The number of halogens is 2. The summed E-state index contributed by atoms with van der Waals surface area (Å²) in [6, 6.07) is 13.8. The molecule has 1 N–H and O–H groups in total. The summed E-state index contributed by atoms with van der Waals surface area (Å²) in [6.45, 7) is 6.23. The highest BCUT2D eigenvalue weighted by Crippen LogP contribution is 2.37. The molecule has 3 aromatic rings. The van der Waals surface area contributed by atoms with E-state index in [9.17, 15) is 4.79 Å². The number of hydrogen-bond acceptors (Lipinski definition) is 3. The van der Waals surface area contributed by atoms with E-state index >= 15 is 0 Å². The number of carbonyl (C=O) groups is 1. The second-order valence-electron chi connectivity index (χ2n) is 7.70. The number of hydrogen-bond donors (Lipinski definition) is 1. The summed E-state index contributed by atoms with van der Waals surface area (Å²) in [5.74, 6) is 0.665. The van der Waals surface area contributed by atoms with Crippen LogP contribution in [0.2, 0.25) is 0 Å². The number of carbonyl (C=O) groups excluding carboxylic acids is 1. The van der Waals surface area contributed by atoms with Gasteiger partial charge in [0.2, 0.25) is 0 Å². The number of aromatic amines is 1. The highest BCUT2D eigenvalue weighted by atomic mass is 127. The van der Waals surface area contributed by atoms with E-state index in [2.05, 4.69) is 27.6 Å². The predicted molar refractivity (Wildman–Crippen MR) is 130 cm³/mol. The third kappa shape index (κ3) is 5.49. The first-order valence-electron chi connectivity index (χ1n) is 9.52. The minimum absolute atomic E-state index is 0.280. The Hall–Kier alpha value is -2.19. The third-order valence-electron chi connectivity index (χ3n) is 4.24. The minimum Gasteiger partial charge on any atom is -0.487 e. The maximum atomic E-state index is 13.0. The van der Waals surface area contributed by atoms with Crippen molar-refractivity contribution in [2.75, 3.05) is 11.4 Å². The zero-order chi connectivity index (χ0) is 21.7. The molecule has 3 rings (SSSR count). The lowest BCUT2D eigenvalue weighted by Crippen LogP contribution is -2.37. The van der Waals surface area contributed by atoms with Crippen molar-refractivity contribution in [1.29, 1.82) is 0 Å². The molecular weight excluding hydrogens is 515 g/mol. The molecule has 0 unspecified atom stereocenters. The molecule has 1 aromatic heterocycles. The van der Waals surface area contributed by atoms with Gasteiger partial charge in [0.25, 0.3) is 0 Å². The second-order valence-corrected chi connectivity index (χ2v) is 9.03. The predicted octanol–water partition coefficient (Wildman–Crippen LogP) is 6.85. The van der Waals surface area contributed by atoms with Gasteiger partial charge in [-0.15, -0.1) is 0 Å². The number of rotatable bonds is 6. The van der Waals surface area contributed by atoms with E-state index < -0.39 is 11.7 Å². The standard InChI is InChI=1S/C23H24ClIN2O3/c1-23(2,3)30-22(28)27(13-7-11-24)18-14-19(21-17(20(18)25)10-12-26-21)29-15-16-8-5-4-6-9-16/h4-12,14,26H,13,15H2,1-3H3/b11-7+. The van der Waals surface area contributed by atoms with Crippen molar-refractivity contribution in [2.45, 2.75) is 33.0 Å². The summed E-state index contributed by atoms with van der Waals surface area (Å²) in [4.78, 5) is 17.8. The number of anilines is 1. The van der Waals surface area contributed by atoms with Crippen LogP contribution in [-0.2, 0) is 11.3 Å². The van der Waals surface area contributed by atoms with E-state index in [0.29, 0.717) is 18.0 Å². The van der Waals surface area contributed by atoms with E-state index in [1.165, 1.54) is 5.54 Å². The van der Waals surface area contributed by atoms with E-state index in [-0.39, 0.29) is 6.54 Å². The molecule has 0 bridgehead atoms. The molecule has 0 spiro atoms. The van der Waals surface area contributed by atoms with Gasteiger partial charge < -0.3 is 14.5 Å². The fourth-order valence-corrected chi connectivity index (χ4v) is 3.91. The molecule has 2 aromatic carbocycles. The van der Waals surface area contributed by atoms with Gasteiger partial charge in [-0.3, -0.25) is 4.90 Å². The summed E-state index contributed by atoms with van der Waals surface area (Å²) in [6.07, 6.45) is 3.12. The highest BCUT2D eigenvalue weighted by molar-refractivity contribution is 14.1. The number of nitrogens with zero attached hydrogens (tertiary/aromatic N) is 1. The van der Waals surface area contributed by atoms with Crippen LogP contribution in [0.5, 0.6) is 5.75 Å². The number of benzene rings is 2. The molecule has 0 atom stereocenters. The van der Waals surface area contributed by atoms with Crippen LogP contribution in [0.1, 0.15) is 26.3 Å². The lowest BCUT2D eigenvalue weighted by Gasteiger charge is -2.28. The van der Waals surface area contributed by atoms with E-state index in [0.717, 1.165) is 20.0 Å². The van der Waals surface area contributed by atoms with Crippen molar-refractivity contribution in [3.05, 3.63) is 69.4 Å². The summed E-state index contributed by atoms with van der Waals surface area (Å²) in [7, 11) is 0. The molecule has 0 saturated heterocycles. The molecule has 7 heteroatoms. The zero-order valence-electron chi connectivity index (χ0n) is 17.1. The molecule has 1 heterocycles. The Kier molecular flexibility index (Phi) is 7.31. The molecule has 0 aliphatic heterocycles. The summed E-state index contributed by atoms with van der Waals surface area (Å²) in [5, 5.41) is 0.972. The molecular formula is C23H24ClIN2O3. The van der Waals surface area contributed by atoms with Gasteiger partial charge in [0, 0.05) is 33.3 Å². The molecule has 0 fully saturated rings. The molecule has 0 aliphatic carbocycles. The Morgan fingerprint density at radius 2 is 1.97 bits per heavy atom. The second kappa shape index (κ2) is 9.75. The van der Waals surface area contributed by atoms with E-state index in [1.807, 2.05) is 69.4 Å². The van der Waals surface area contributed by atoms with Crippen LogP contribution in [0.15, 0.2) is 60.3 Å². The van der Waals surface area contributed by atoms with Gasteiger partial charge in [-0.25, -0.2) is 4.79 Å². The van der Waals surface area contributed by atoms with Crippen molar-refractivity contribution in [1.82, 2.24) is 4.98 Å². The van der Waals surface area contributed by atoms with Crippen LogP contribution in [0.3, 0.4) is 0 Å². The van der Waals surface area contributed by atoms with Gasteiger partial charge in [-0.1, -0.05) is 48.0 Å².